The molecule has 0 bridgehead atoms. The van der Waals surface area contributed by atoms with Crippen LogP contribution in [0.1, 0.15) is 5.56 Å². The van der Waals surface area contributed by atoms with Gasteiger partial charge in [0.2, 0.25) is 0 Å². The second kappa shape index (κ2) is 6.74. The first-order valence-electron chi connectivity index (χ1n) is 6.37. The predicted molar refractivity (Wildman–Crippen MR) is 75.1 cm³/mol. The van der Waals surface area contributed by atoms with E-state index in [1.54, 1.807) is 36.4 Å². The molecule has 0 aliphatic rings. The molecule has 0 aliphatic heterocycles. The molecule has 21 heavy (non-hydrogen) atoms. The van der Waals surface area contributed by atoms with E-state index in [4.69, 9.17) is 9.47 Å². The van der Waals surface area contributed by atoms with Crippen molar-refractivity contribution in [2.75, 3.05) is 7.11 Å². The summed E-state index contributed by atoms with van der Waals surface area (Å²) in [5.41, 5.74) is 0.291. The van der Waals surface area contributed by atoms with Gasteiger partial charge >= 0.3 is 5.97 Å². The number of hydrogen-bond donors (Lipinski definition) is 1. The lowest BCUT2D eigenvalue weighted by Crippen LogP contribution is -2.29. The third-order valence-electron chi connectivity index (χ3n) is 2.98. The van der Waals surface area contributed by atoms with Crippen LogP contribution in [0.25, 0.3) is 0 Å². The van der Waals surface area contributed by atoms with E-state index in [1.807, 2.05) is 0 Å². The molecule has 0 heterocycles. The molecule has 2 aromatic rings. The van der Waals surface area contributed by atoms with Crippen LogP contribution in [0.4, 0.5) is 4.39 Å². The lowest BCUT2D eigenvalue weighted by molar-refractivity contribution is -0.145. The van der Waals surface area contributed by atoms with Gasteiger partial charge in [0.25, 0.3) is 0 Å². The van der Waals surface area contributed by atoms with Gasteiger partial charge in [-0.2, -0.15) is 0 Å². The van der Waals surface area contributed by atoms with Crippen LogP contribution >= 0.6 is 0 Å². The zero-order valence-corrected chi connectivity index (χ0v) is 11.5. The molecule has 0 saturated heterocycles. The molecule has 2 aromatic carbocycles. The summed E-state index contributed by atoms with van der Waals surface area (Å²) in [5, 5.41) is 9.26. The third kappa shape index (κ3) is 3.72. The zero-order valence-electron chi connectivity index (χ0n) is 11.5. The van der Waals surface area contributed by atoms with E-state index in [1.165, 1.54) is 19.2 Å². The van der Waals surface area contributed by atoms with Crippen molar-refractivity contribution in [3.63, 3.8) is 0 Å². The van der Waals surface area contributed by atoms with Crippen LogP contribution in [-0.2, 0) is 11.2 Å². The lowest BCUT2D eigenvalue weighted by atomic mass is 10.1. The highest BCUT2D eigenvalue weighted by atomic mass is 19.1. The molecule has 5 heteroatoms. The Hall–Kier alpha value is -2.56. The molecule has 0 aliphatic carbocycles. The van der Waals surface area contributed by atoms with Gasteiger partial charge in [0.15, 0.2) is 17.6 Å². The van der Waals surface area contributed by atoms with Crippen LogP contribution in [0.15, 0.2) is 48.5 Å². The second-order valence-electron chi connectivity index (χ2n) is 4.39. The van der Waals surface area contributed by atoms with Gasteiger partial charge in [-0.05, 0) is 23.8 Å². The fraction of sp³-hybridized carbons (Fsp3) is 0.188. The van der Waals surface area contributed by atoms with Crippen LogP contribution in [0.2, 0.25) is 0 Å². The van der Waals surface area contributed by atoms with Gasteiger partial charge < -0.3 is 14.6 Å². The SMILES string of the molecule is COc1ccccc1OC(Cc1ccccc1F)C(=O)O. The van der Waals surface area contributed by atoms with Crippen molar-refractivity contribution in [3.8, 4) is 11.5 Å². The highest BCUT2D eigenvalue weighted by molar-refractivity contribution is 5.73. The minimum absolute atomic E-state index is 0.0694. The molecule has 0 saturated carbocycles. The molecule has 0 amide bonds. The summed E-state index contributed by atoms with van der Waals surface area (Å²) in [6.07, 6.45) is -1.27. The minimum atomic E-state index is -1.20. The maximum atomic E-state index is 13.6. The fourth-order valence-corrected chi connectivity index (χ4v) is 1.91. The number of para-hydroxylation sites is 2. The molecule has 2 rings (SSSR count). The highest BCUT2D eigenvalue weighted by Gasteiger charge is 2.22. The van der Waals surface area contributed by atoms with Crippen molar-refractivity contribution in [2.24, 2.45) is 0 Å². The summed E-state index contributed by atoms with van der Waals surface area (Å²) in [6, 6.07) is 12.8. The van der Waals surface area contributed by atoms with Gasteiger partial charge in [-0.15, -0.1) is 0 Å². The normalized spacial score (nSPS) is 11.7. The number of hydrogen-bond acceptors (Lipinski definition) is 3. The first-order chi connectivity index (χ1) is 10.1. The Bertz CT molecular complexity index is 627. The number of ether oxygens (including phenoxy) is 2. The maximum absolute atomic E-state index is 13.6. The van der Waals surface area contributed by atoms with Crippen LogP contribution in [0, 0.1) is 5.82 Å². The molecule has 1 atom stereocenters. The van der Waals surface area contributed by atoms with Gasteiger partial charge in [-0.25, -0.2) is 9.18 Å². The number of halogens is 1. The monoisotopic (exact) mass is 290 g/mol. The van der Waals surface area contributed by atoms with E-state index in [2.05, 4.69) is 0 Å². The number of methoxy groups -OCH3 is 1. The van der Waals surface area contributed by atoms with E-state index < -0.39 is 17.9 Å². The van der Waals surface area contributed by atoms with Crippen LogP contribution < -0.4 is 9.47 Å². The van der Waals surface area contributed by atoms with Crippen LogP contribution in [-0.4, -0.2) is 24.3 Å². The summed E-state index contributed by atoms with van der Waals surface area (Å²) in [4.78, 5) is 11.3. The molecule has 4 nitrogen and oxygen atoms in total. The van der Waals surface area contributed by atoms with Gasteiger partial charge in [-0.3, -0.25) is 0 Å². The molecule has 1 unspecified atom stereocenters. The topological polar surface area (TPSA) is 55.8 Å². The summed E-state index contributed by atoms with van der Waals surface area (Å²) < 4.78 is 24.2. The average Bonchev–Trinajstić information content (AvgIpc) is 2.49. The average molecular weight is 290 g/mol. The highest BCUT2D eigenvalue weighted by Crippen LogP contribution is 2.27. The first-order valence-corrected chi connectivity index (χ1v) is 6.37. The number of carboxylic acid groups (broad SMARTS) is 1. The number of benzene rings is 2. The van der Waals surface area contributed by atoms with Gasteiger partial charge in [0.1, 0.15) is 5.82 Å². The van der Waals surface area contributed by atoms with Crippen molar-refractivity contribution < 1.29 is 23.8 Å². The summed E-state index contributed by atoms with van der Waals surface area (Å²) >= 11 is 0. The number of aliphatic carboxylic acids is 1. The summed E-state index contributed by atoms with van der Waals surface area (Å²) in [7, 11) is 1.47. The zero-order chi connectivity index (χ0) is 15.2. The van der Waals surface area contributed by atoms with Gasteiger partial charge in [0, 0.05) is 6.42 Å². The predicted octanol–water partition coefficient (Wildman–Crippen LogP) is 2.91. The Morgan fingerprint density at radius 1 is 1.14 bits per heavy atom. The number of rotatable bonds is 6. The van der Waals surface area contributed by atoms with E-state index in [9.17, 15) is 14.3 Å². The molecule has 0 aromatic heterocycles. The quantitative estimate of drug-likeness (QED) is 0.888. The van der Waals surface area contributed by atoms with Crippen molar-refractivity contribution in [1.29, 1.82) is 0 Å². The largest absolute Gasteiger partial charge is 0.493 e. The summed E-state index contributed by atoms with van der Waals surface area (Å²) in [6.45, 7) is 0. The molecular weight excluding hydrogens is 275 g/mol. The minimum Gasteiger partial charge on any atom is -0.493 e. The van der Waals surface area contributed by atoms with Crippen LogP contribution in [0.3, 0.4) is 0 Å². The maximum Gasteiger partial charge on any atom is 0.345 e. The molecule has 0 fully saturated rings. The Labute approximate surface area is 121 Å². The van der Waals surface area contributed by atoms with Crippen molar-refractivity contribution in [3.05, 3.63) is 59.9 Å². The Balaban J connectivity index is 2.20. The van der Waals surface area contributed by atoms with Gasteiger partial charge in [-0.1, -0.05) is 30.3 Å². The Morgan fingerprint density at radius 2 is 1.76 bits per heavy atom. The number of carboxylic acids is 1. The van der Waals surface area contributed by atoms with Gasteiger partial charge in [0.05, 0.1) is 7.11 Å². The Morgan fingerprint density at radius 3 is 2.38 bits per heavy atom. The van der Waals surface area contributed by atoms with Crippen LogP contribution in [0.5, 0.6) is 11.5 Å². The van der Waals surface area contributed by atoms with E-state index in [0.717, 1.165) is 0 Å². The molecule has 0 radical (unpaired) electrons. The van der Waals surface area contributed by atoms with Crippen molar-refractivity contribution in [1.82, 2.24) is 0 Å². The Kier molecular flexibility index (Phi) is 4.77. The first kappa shape index (κ1) is 14.8. The van der Waals surface area contributed by atoms with E-state index in [0.29, 0.717) is 17.1 Å². The standard InChI is InChI=1S/C16H15FO4/c1-20-13-8-4-5-9-14(13)21-15(16(18)19)10-11-6-2-3-7-12(11)17/h2-9,15H,10H2,1H3,(H,18,19). The number of carbonyl (C=O) groups is 1. The summed E-state index contributed by atoms with van der Waals surface area (Å²) in [5.74, 6) is -0.877. The second-order valence-corrected chi connectivity index (χ2v) is 4.39. The smallest absolute Gasteiger partial charge is 0.345 e. The molecule has 110 valence electrons. The molecule has 0 spiro atoms. The third-order valence-corrected chi connectivity index (χ3v) is 2.98. The lowest BCUT2D eigenvalue weighted by Gasteiger charge is -2.17. The van der Waals surface area contributed by atoms with Crippen molar-refractivity contribution in [2.45, 2.75) is 12.5 Å². The van der Waals surface area contributed by atoms with E-state index in [-0.39, 0.29) is 6.42 Å². The molecular formula is C16H15FO4. The van der Waals surface area contributed by atoms with Crippen molar-refractivity contribution >= 4 is 5.97 Å². The molecule has 1 N–H and O–H groups in total. The van der Waals surface area contributed by atoms with E-state index >= 15 is 0 Å². The fourth-order valence-electron chi connectivity index (χ4n) is 1.91.